The summed E-state index contributed by atoms with van der Waals surface area (Å²) in [6.07, 6.45) is -4.17. The van der Waals surface area contributed by atoms with Gasteiger partial charge < -0.3 is 10.5 Å². The molecule has 0 saturated heterocycles. The van der Waals surface area contributed by atoms with Gasteiger partial charge in [-0.25, -0.2) is 17.6 Å². The first-order valence-corrected chi connectivity index (χ1v) is 4.97. The molecule has 0 bridgehead atoms. The molecule has 0 unspecified atom stereocenters. The first kappa shape index (κ1) is 16.5. The predicted octanol–water partition coefficient (Wildman–Crippen LogP) is 2.98. The average molecular weight is 309 g/mol. The molecule has 20 heavy (non-hydrogen) atoms. The van der Waals surface area contributed by atoms with E-state index in [-0.39, 0.29) is 0 Å². The van der Waals surface area contributed by atoms with Crippen LogP contribution in [-0.2, 0) is 6.54 Å². The molecule has 0 atom stereocenters. The number of alkyl halides is 4. The standard InChI is InChI=1S/C10H7F8NO/c11-4-3(1-19)5(12)7(14)8(6(4)13)20-2-10(17,18)9(15)16/h9H,1-2,19H2. The van der Waals surface area contributed by atoms with Gasteiger partial charge in [-0.3, -0.25) is 0 Å². The fraction of sp³-hybridized carbons (Fsp3) is 0.400. The Balaban J connectivity index is 3.15. The van der Waals surface area contributed by atoms with Crippen molar-refractivity contribution in [3.05, 3.63) is 28.8 Å². The van der Waals surface area contributed by atoms with Crippen molar-refractivity contribution < 1.29 is 39.9 Å². The summed E-state index contributed by atoms with van der Waals surface area (Å²) < 4.78 is 105. The van der Waals surface area contributed by atoms with Crippen molar-refractivity contribution >= 4 is 0 Å². The molecule has 0 aliphatic heterocycles. The van der Waals surface area contributed by atoms with Gasteiger partial charge in [0.25, 0.3) is 0 Å². The summed E-state index contributed by atoms with van der Waals surface area (Å²) in [7, 11) is 0. The van der Waals surface area contributed by atoms with Crippen LogP contribution in [0.5, 0.6) is 5.75 Å². The quantitative estimate of drug-likeness (QED) is 0.670. The topological polar surface area (TPSA) is 35.2 Å². The molecule has 0 aromatic heterocycles. The zero-order valence-corrected chi connectivity index (χ0v) is 9.50. The van der Waals surface area contributed by atoms with E-state index in [1.807, 2.05) is 0 Å². The average Bonchev–Trinajstić information content (AvgIpc) is 2.37. The Morgan fingerprint density at radius 1 is 0.950 bits per heavy atom. The Labute approximate surface area is 107 Å². The molecule has 0 radical (unpaired) electrons. The van der Waals surface area contributed by atoms with E-state index in [2.05, 4.69) is 4.74 Å². The van der Waals surface area contributed by atoms with Crippen LogP contribution in [0.25, 0.3) is 0 Å². The first-order chi connectivity index (χ1) is 9.13. The summed E-state index contributed by atoms with van der Waals surface area (Å²) in [6.45, 7) is -3.06. The fourth-order valence-corrected chi connectivity index (χ4v) is 1.19. The Bertz CT molecular complexity index is 476. The zero-order chi connectivity index (χ0) is 15.7. The first-order valence-electron chi connectivity index (χ1n) is 4.97. The van der Waals surface area contributed by atoms with Crippen molar-refractivity contribution in [1.82, 2.24) is 0 Å². The highest BCUT2D eigenvalue weighted by Gasteiger charge is 2.42. The monoisotopic (exact) mass is 309 g/mol. The van der Waals surface area contributed by atoms with E-state index in [1.165, 1.54) is 0 Å². The van der Waals surface area contributed by atoms with Gasteiger partial charge in [0.1, 0.15) is 0 Å². The van der Waals surface area contributed by atoms with E-state index >= 15 is 0 Å². The number of nitrogens with two attached hydrogens (primary N) is 1. The molecule has 0 aliphatic carbocycles. The fourth-order valence-electron chi connectivity index (χ4n) is 1.19. The van der Waals surface area contributed by atoms with Gasteiger partial charge in [0.15, 0.2) is 24.0 Å². The Morgan fingerprint density at radius 3 is 1.75 bits per heavy atom. The summed E-state index contributed by atoms with van der Waals surface area (Å²) in [4.78, 5) is 0. The van der Waals surface area contributed by atoms with E-state index < -0.39 is 60.1 Å². The minimum absolute atomic E-state index is 0.904. The molecular weight excluding hydrogens is 302 g/mol. The minimum Gasteiger partial charge on any atom is -0.481 e. The second-order valence-corrected chi connectivity index (χ2v) is 3.62. The Kier molecular flexibility index (Phi) is 4.79. The van der Waals surface area contributed by atoms with Gasteiger partial charge in [0.05, 0.1) is 0 Å². The lowest BCUT2D eigenvalue weighted by Crippen LogP contribution is -2.34. The van der Waals surface area contributed by atoms with Gasteiger partial charge in [-0.15, -0.1) is 0 Å². The predicted molar refractivity (Wildman–Crippen MR) is 50.6 cm³/mol. The third-order valence-electron chi connectivity index (χ3n) is 2.25. The second-order valence-electron chi connectivity index (χ2n) is 3.62. The summed E-state index contributed by atoms with van der Waals surface area (Å²) in [5, 5.41) is 0. The normalized spacial score (nSPS) is 12.1. The van der Waals surface area contributed by atoms with Crippen LogP contribution in [0.2, 0.25) is 0 Å². The molecule has 0 saturated carbocycles. The third kappa shape index (κ3) is 2.94. The molecule has 1 aromatic rings. The van der Waals surface area contributed by atoms with E-state index in [4.69, 9.17) is 5.73 Å². The SMILES string of the molecule is NCc1c(F)c(F)c(OCC(F)(F)C(F)F)c(F)c1F. The third-order valence-corrected chi connectivity index (χ3v) is 2.25. The number of ether oxygens (including phenoxy) is 1. The van der Waals surface area contributed by atoms with Gasteiger partial charge in [-0.2, -0.15) is 17.6 Å². The van der Waals surface area contributed by atoms with Crippen molar-refractivity contribution in [2.24, 2.45) is 5.73 Å². The number of hydrogen-bond acceptors (Lipinski definition) is 2. The van der Waals surface area contributed by atoms with Gasteiger partial charge in [-0.1, -0.05) is 0 Å². The summed E-state index contributed by atoms with van der Waals surface area (Å²) in [6, 6.07) is 0. The molecular formula is C10H7F8NO. The maximum absolute atomic E-state index is 13.3. The van der Waals surface area contributed by atoms with E-state index in [1.54, 1.807) is 0 Å². The van der Waals surface area contributed by atoms with Crippen LogP contribution >= 0.6 is 0 Å². The Morgan fingerprint density at radius 2 is 1.40 bits per heavy atom. The number of benzene rings is 1. The molecule has 2 nitrogen and oxygen atoms in total. The summed E-state index contributed by atoms with van der Waals surface area (Å²) in [5.41, 5.74) is 3.69. The lowest BCUT2D eigenvalue weighted by Gasteiger charge is -2.17. The van der Waals surface area contributed by atoms with Crippen LogP contribution in [0.4, 0.5) is 35.1 Å². The van der Waals surface area contributed by atoms with Gasteiger partial charge in [0, 0.05) is 12.1 Å². The van der Waals surface area contributed by atoms with E-state index in [0.29, 0.717) is 0 Å². The molecule has 0 heterocycles. The van der Waals surface area contributed by atoms with Gasteiger partial charge >= 0.3 is 12.3 Å². The molecule has 1 aromatic carbocycles. The maximum Gasteiger partial charge on any atom is 0.340 e. The molecule has 1 rings (SSSR count). The van der Waals surface area contributed by atoms with Crippen molar-refractivity contribution in [3.63, 3.8) is 0 Å². The highest BCUT2D eigenvalue weighted by atomic mass is 19.3. The molecule has 2 N–H and O–H groups in total. The smallest absolute Gasteiger partial charge is 0.340 e. The van der Waals surface area contributed by atoms with Crippen LogP contribution in [-0.4, -0.2) is 19.0 Å². The van der Waals surface area contributed by atoms with Crippen molar-refractivity contribution in [1.29, 1.82) is 0 Å². The lowest BCUT2D eigenvalue weighted by molar-refractivity contribution is -0.149. The van der Waals surface area contributed by atoms with Crippen LogP contribution < -0.4 is 10.5 Å². The molecule has 0 spiro atoms. The summed E-state index contributed by atoms with van der Waals surface area (Å²) in [5.74, 6) is -14.7. The number of hydrogen-bond donors (Lipinski definition) is 1. The summed E-state index contributed by atoms with van der Waals surface area (Å²) >= 11 is 0. The van der Waals surface area contributed by atoms with E-state index in [0.717, 1.165) is 0 Å². The van der Waals surface area contributed by atoms with Crippen molar-refractivity contribution in [3.8, 4) is 5.75 Å². The largest absolute Gasteiger partial charge is 0.481 e. The second kappa shape index (κ2) is 5.81. The van der Waals surface area contributed by atoms with Crippen molar-refractivity contribution in [2.75, 3.05) is 6.61 Å². The molecule has 10 heteroatoms. The highest BCUT2D eigenvalue weighted by Crippen LogP contribution is 2.32. The molecule has 0 fully saturated rings. The zero-order valence-electron chi connectivity index (χ0n) is 9.50. The van der Waals surface area contributed by atoms with Crippen LogP contribution in [0, 0.1) is 23.3 Å². The minimum atomic E-state index is -4.74. The van der Waals surface area contributed by atoms with Crippen molar-refractivity contribution in [2.45, 2.75) is 18.9 Å². The molecule has 114 valence electrons. The van der Waals surface area contributed by atoms with Gasteiger partial charge in [0.2, 0.25) is 11.6 Å². The molecule has 0 amide bonds. The maximum atomic E-state index is 13.3. The van der Waals surface area contributed by atoms with Crippen LogP contribution in [0.15, 0.2) is 0 Å². The number of halogens is 8. The molecule has 0 aliphatic rings. The number of rotatable bonds is 5. The Hall–Kier alpha value is -1.58. The lowest BCUT2D eigenvalue weighted by atomic mass is 10.1. The highest BCUT2D eigenvalue weighted by molar-refractivity contribution is 5.34. The van der Waals surface area contributed by atoms with Crippen LogP contribution in [0.1, 0.15) is 5.56 Å². The van der Waals surface area contributed by atoms with Crippen LogP contribution in [0.3, 0.4) is 0 Å². The van der Waals surface area contributed by atoms with E-state index in [9.17, 15) is 35.1 Å². The van der Waals surface area contributed by atoms with Gasteiger partial charge in [-0.05, 0) is 0 Å².